The summed E-state index contributed by atoms with van der Waals surface area (Å²) in [6, 6.07) is 6.37. The summed E-state index contributed by atoms with van der Waals surface area (Å²) in [5.41, 5.74) is 5.83. The molecule has 1 rings (SSSR count). The number of hydrogen-bond donors (Lipinski definition) is 2. The summed E-state index contributed by atoms with van der Waals surface area (Å²) < 4.78 is 9.95. The average molecular weight is 280 g/mol. The molecule has 0 spiro atoms. The number of rotatable bonds is 6. The highest BCUT2D eigenvalue weighted by molar-refractivity contribution is 5.94. The predicted octanol–water partition coefficient (Wildman–Crippen LogP) is 0.502. The van der Waals surface area contributed by atoms with Crippen LogP contribution in [0.5, 0.6) is 5.75 Å². The van der Waals surface area contributed by atoms with Crippen LogP contribution in [0.1, 0.15) is 12.0 Å². The summed E-state index contributed by atoms with van der Waals surface area (Å²) in [6.45, 7) is 1.55. The third kappa shape index (κ3) is 6.39. The van der Waals surface area contributed by atoms with E-state index in [0.29, 0.717) is 5.75 Å². The Balaban J connectivity index is 2.18. The van der Waals surface area contributed by atoms with Gasteiger partial charge in [0.15, 0.2) is 6.61 Å². The number of hydrogen-bond acceptors (Lipinski definition) is 5. The topological polar surface area (TPSA) is 108 Å². The van der Waals surface area contributed by atoms with Gasteiger partial charge in [-0.25, -0.2) is 4.79 Å². The smallest absolute Gasteiger partial charge is 0.318 e. The second-order valence-corrected chi connectivity index (χ2v) is 3.98. The molecule has 0 atom stereocenters. The van der Waals surface area contributed by atoms with Gasteiger partial charge in [0.1, 0.15) is 5.75 Å². The fourth-order valence-corrected chi connectivity index (χ4v) is 1.28. The third-order valence-electron chi connectivity index (χ3n) is 2.22. The van der Waals surface area contributed by atoms with Crippen molar-refractivity contribution in [3.8, 4) is 5.75 Å². The molecule has 0 bridgehead atoms. The lowest BCUT2D eigenvalue weighted by Gasteiger charge is -2.07. The molecular weight excluding hydrogens is 264 g/mol. The first kappa shape index (κ1) is 15.5. The minimum atomic E-state index is -0.992. The van der Waals surface area contributed by atoms with Crippen LogP contribution in [0.4, 0.5) is 4.79 Å². The van der Waals surface area contributed by atoms with Gasteiger partial charge in [0, 0.05) is 0 Å². The van der Waals surface area contributed by atoms with E-state index in [1.807, 2.05) is 19.1 Å². The molecule has 0 saturated heterocycles. The van der Waals surface area contributed by atoms with E-state index in [-0.39, 0.29) is 13.0 Å². The molecule has 1 aromatic rings. The largest absolute Gasteiger partial charge is 0.493 e. The number of amides is 3. The molecule has 0 aromatic heterocycles. The molecule has 0 fully saturated rings. The number of primary amides is 1. The number of imide groups is 1. The van der Waals surface area contributed by atoms with E-state index >= 15 is 0 Å². The molecule has 1 aromatic carbocycles. The minimum absolute atomic E-state index is 0.00225. The molecule has 20 heavy (non-hydrogen) atoms. The van der Waals surface area contributed by atoms with Gasteiger partial charge in [-0.15, -0.1) is 0 Å². The molecule has 0 aliphatic heterocycles. The van der Waals surface area contributed by atoms with Crippen LogP contribution in [0, 0.1) is 6.92 Å². The maximum absolute atomic E-state index is 11.3. The van der Waals surface area contributed by atoms with Crippen molar-refractivity contribution in [3.63, 3.8) is 0 Å². The average Bonchev–Trinajstić information content (AvgIpc) is 2.38. The number of urea groups is 1. The van der Waals surface area contributed by atoms with Gasteiger partial charge in [-0.3, -0.25) is 14.9 Å². The first-order valence-corrected chi connectivity index (χ1v) is 5.92. The summed E-state index contributed by atoms with van der Waals surface area (Å²) in [7, 11) is 0. The van der Waals surface area contributed by atoms with E-state index in [2.05, 4.69) is 4.74 Å². The van der Waals surface area contributed by atoms with Crippen LogP contribution in [0.3, 0.4) is 0 Å². The van der Waals surface area contributed by atoms with Crippen LogP contribution in [0.2, 0.25) is 0 Å². The van der Waals surface area contributed by atoms with Crippen molar-refractivity contribution < 1.29 is 23.9 Å². The Hall–Kier alpha value is -2.57. The van der Waals surface area contributed by atoms with Gasteiger partial charge in [-0.2, -0.15) is 0 Å². The molecule has 0 radical (unpaired) electrons. The van der Waals surface area contributed by atoms with Crippen molar-refractivity contribution in [3.05, 3.63) is 29.8 Å². The number of ether oxygens (including phenoxy) is 2. The Morgan fingerprint density at radius 1 is 1.20 bits per heavy atom. The van der Waals surface area contributed by atoms with Gasteiger partial charge < -0.3 is 15.2 Å². The molecule has 0 heterocycles. The number of esters is 1. The van der Waals surface area contributed by atoms with E-state index in [4.69, 9.17) is 10.5 Å². The summed E-state index contributed by atoms with van der Waals surface area (Å²) >= 11 is 0. The lowest BCUT2D eigenvalue weighted by Crippen LogP contribution is -2.37. The number of benzene rings is 1. The maximum Gasteiger partial charge on any atom is 0.318 e. The third-order valence-corrected chi connectivity index (χ3v) is 2.22. The van der Waals surface area contributed by atoms with Crippen molar-refractivity contribution in [2.24, 2.45) is 5.73 Å². The van der Waals surface area contributed by atoms with Gasteiger partial charge in [0.2, 0.25) is 0 Å². The molecule has 0 aliphatic carbocycles. The highest BCUT2D eigenvalue weighted by atomic mass is 16.5. The lowest BCUT2D eigenvalue weighted by atomic mass is 10.2. The van der Waals surface area contributed by atoms with Gasteiger partial charge >= 0.3 is 12.0 Å². The normalized spacial score (nSPS) is 9.65. The number of carbonyl (C=O) groups excluding carboxylic acids is 3. The zero-order valence-electron chi connectivity index (χ0n) is 11.0. The van der Waals surface area contributed by atoms with Gasteiger partial charge in [0.25, 0.3) is 5.91 Å². The van der Waals surface area contributed by atoms with Crippen molar-refractivity contribution in [1.82, 2.24) is 5.32 Å². The highest BCUT2D eigenvalue weighted by Gasteiger charge is 2.09. The number of aryl methyl sites for hydroxylation is 1. The Bertz CT molecular complexity index is 484. The Morgan fingerprint density at radius 2 is 1.85 bits per heavy atom. The quantitative estimate of drug-likeness (QED) is 0.738. The van der Waals surface area contributed by atoms with Crippen molar-refractivity contribution in [1.29, 1.82) is 0 Å². The first-order valence-electron chi connectivity index (χ1n) is 5.92. The maximum atomic E-state index is 11.3. The number of nitrogens with two attached hydrogens (primary N) is 1. The molecule has 0 aliphatic rings. The molecule has 108 valence electrons. The van der Waals surface area contributed by atoms with Crippen LogP contribution in [0.25, 0.3) is 0 Å². The van der Waals surface area contributed by atoms with Crippen LogP contribution < -0.4 is 15.8 Å². The van der Waals surface area contributed by atoms with E-state index < -0.39 is 24.5 Å². The van der Waals surface area contributed by atoms with Crippen LogP contribution >= 0.6 is 0 Å². The van der Waals surface area contributed by atoms with Crippen molar-refractivity contribution in [2.75, 3.05) is 13.2 Å². The van der Waals surface area contributed by atoms with E-state index in [1.54, 1.807) is 17.4 Å². The zero-order chi connectivity index (χ0) is 15.0. The van der Waals surface area contributed by atoms with E-state index in [0.717, 1.165) is 5.56 Å². The van der Waals surface area contributed by atoms with Crippen molar-refractivity contribution in [2.45, 2.75) is 13.3 Å². The standard InChI is InChI=1S/C13H16N2O5/c1-9-2-4-10(5-3-9)19-7-6-12(17)20-8-11(16)15-13(14)18/h2-5H,6-8H2,1H3,(H3,14,15,16,18). The van der Waals surface area contributed by atoms with E-state index in [1.165, 1.54) is 0 Å². The summed E-state index contributed by atoms with van der Waals surface area (Å²) in [5, 5.41) is 1.78. The second-order valence-electron chi connectivity index (χ2n) is 3.98. The molecule has 3 N–H and O–H groups in total. The SMILES string of the molecule is Cc1ccc(OCCC(=O)OCC(=O)NC(N)=O)cc1. The Morgan fingerprint density at radius 3 is 2.45 bits per heavy atom. The van der Waals surface area contributed by atoms with Gasteiger partial charge in [-0.05, 0) is 19.1 Å². The summed E-state index contributed by atoms with van der Waals surface area (Å²) in [5.74, 6) is -0.725. The molecule has 3 amide bonds. The Labute approximate surface area is 116 Å². The number of nitrogens with one attached hydrogen (secondary N) is 1. The molecule has 7 heteroatoms. The van der Waals surface area contributed by atoms with Gasteiger partial charge in [0.05, 0.1) is 13.0 Å². The van der Waals surface area contributed by atoms with Crippen LogP contribution in [-0.2, 0) is 14.3 Å². The molecule has 0 unspecified atom stereocenters. The monoisotopic (exact) mass is 280 g/mol. The number of carbonyl (C=O) groups is 3. The Kier molecular flexibility index (Phi) is 6.02. The fourth-order valence-electron chi connectivity index (χ4n) is 1.28. The van der Waals surface area contributed by atoms with E-state index in [9.17, 15) is 14.4 Å². The van der Waals surface area contributed by atoms with Crippen LogP contribution in [-0.4, -0.2) is 31.1 Å². The fraction of sp³-hybridized carbons (Fsp3) is 0.308. The molecule has 7 nitrogen and oxygen atoms in total. The molecule has 0 saturated carbocycles. The predicted molar refractivity (Wildman–Crippen MR) is 70.0 cm³/mol. The minimum Gasteiger partial charge on any atom is -0.493 e. The summed E-state index contributed by atoms with van der Waals surface area (Å²) in [4.78, 5) is 32.6. The molecular formula is C13H16N2O5. The highest BCUT2D eigenvalue weighted by Crippen LogP contribution is 2.11. The lowest BCUT2D eigenvalue weighted by molar-refractivity contribution is -0.148. The second kappa shape index (κ2) is 7.78. The van der Waals surface area contributed by atoms with Gasteiger partial charge in [-0.1, -0.05) is 17.7 Å². The zero-order valence-corrected chi connectivity index (χ0v) is 11.0. The first-order chi connectivity index (χ1) is 9.47. The van der Waals surface area contributed by atoms with Crippen LogP contribution in [0.15, 0.2) is 24.3 Å². The van der Waals surface area contributed by atoms with Crippen molar-refractivity contribution >= 4 is 17.9 Å². The summed E-state index contributed by atoms with van der Waals surface area (Å²) in [6.07, 6.45) is -0.00225.